The van der Waals surface area contributed by atoms with E-state index in [0.717, 1.165) is 36.7 Å². The average Bonchev–Trinajstić information content (AvgIpc) is 2.95. The molecule has 3 atom stereocenters. The van der Waals surface area contributed by atoms with Crippen molar-refractivity contribution in [3.05, 3.63) is 30.1 Å². The molecule has 0 bridgehead atoms. The second-order valence-corrected chi connectivity index (χ2v) is 7.26. The lowest BCUT2D eigenvalue weighted by atomic mass is 9.94. The van der Waals surface area contributed by atoms with Crippen molar-refractivity contribution in [1.82, 2.24) is 9.55 Å². The minimum atomic E-state index is 0.691. The fourth-order valence-electron chi connectivity index (χ4n) is 3.47. The fourth-order valence-corrected chi connectivity index (χ4v) is 4.17. The van der Waals surface area contributed by atoms with E-state index in [9.17, 15) is 0 Å². The summed E-state index contributed by atoms with van der Waals surface area (Å²) in [7, 11) is 0. The van der Waals surface area contributed by atoms with Crippen molar-refractivity contribution in [3.63, 3.8) is 0 Å². The Kier molecular flexibility index (Phi) is 4.16. The van der Waals surface area contributed by atoms with Gasteiger partial charge in [-0.15, -0.1) is 0 Å². The Bertz CT molecular complexity index is 590. The van der Waals surface area contributed by atoms with Gasteiger partial charge in [0.05, 0.1) is 11.0 Å². The van der Waals surface area contributed by atoms with Crippen molar-refractivity contribution in [2.45, 2.75) is 50.9 Å². The Morgan fingerprint density at radius 2 is 2.10 bits per heavy atom. The van der Waals surface area contributed by atoms with Crippen LogP contribution in [0.3, 0.4) is 0 Å². The smallest absolute Gasteiger partial charge is 0.110 e. The number of aromatic nitrogens is 2. The van der Waals surface area contributed by atoms with Crippen LogP contribution >= 0.6 is 15.9 Å². The number of para-hydroxylation sites is 2. The van der Waals surface area contributed by atoms with E-state index in [0.29, 0.717) is 4.83 Å². The lowest BCUT2D eigenvalue weighted by molar-refractivity contribution is 0.408. The van der Waals surface area contributed by atoms with Gasteiger partial charge in [-0.3, -0.25) is 0 Å². The molecule has 1 heterocycles. The topological polar surface area (TPSA) is 17.8 Å². The molecule has 3 rings (SSSR count). The molecular weight excluding hydrogens is 312 g/mol. The van der Waals surface area contributed by atoms with E-state index in [-0.39, 0.29) is 0 Å². The molecule has 2 nitrogen and oxygen atoms in total. The lowest BCUT2D eigenvalue weighted by Gasteiger charge is -2.17. The number of rotatable bonds is 4. The minimum Gasteiger partial charge on any atom is -0.328 e. The highest BCUT2D eigenvalue weighted by atomic mass is 79.9. The standard InChI is InChI=1S/C17H23BrN2/c1-3-10-20-16-7-5-4-6-15(16)19-17(20)11-13-8-9-14(18)12(13)2/h4-7,12-14H,3,8-11H2,1-2H3. The highest BCUT2D eigenvalue weighted by molar-refractivity contribution is 9.09. The van der Waals surface area contributed by atoms with Crippen LogP contribution in [-0.2, 0) is 13.0 Å². The van der Waals surface area contributed by atoms with Crippen LogP contribution in [0.15, 0.2) is 24.3 Å². The van der Waals surface area contributed by atoms with E-state index >= 15 is 0 Å². The third-order valence-corrected chi connectivity index (χ3v) is 6.04. The van der Waals surface area contributed by atoms with E-state index < -0.39 is 0 Å². The van der Waals surface area contributed by atoms with Crippen molar-refractivity contribution in [3.8, 4) is 0 Å². The number of nitrogens with zero attached hydrogens (tertiary/aromatic N) is 2. The number of aryl methyl sites for hydroxylation is 1. The maximum absolute atomic E-state index is 4.90. The van der Waals surface area contributed by atoms with Gasteiger partial charge in [-0.1, -0.05) is 41.9 Å². The van der Waals surface area contributed by atoms with E-state index in [1.165, 1.54) is 24.2 Å². The summed E-state index contributed by atoms with van der Waals surface area (Å²) < 4.78 is 2.43. The number of benzene rings is 1. The summed E-state index contributed by atoms with van der Waals surface area (Å²) >= 11 is 3.81. The van der Waals surface area contributed by atoms with Crippen LogP contribution in [0.5, 0.6) is 0 Å². The predicted octanol–water partition coefficient (Wildman–Crippen LogP) is 4.80. The molecule has 3 unspecified atom stereocenters. The number of halogens is 1. The molecule has 1 aromatic heterocycles. The number of alkyl halides is 1. The van der Waals surface area contributed by atoms with Crippen molar-refractivity contribution in [1.29, 1.82) is 0 Å². The van der Waals surface area contributed by atoms with Gasteiger partial charge < -0.3 is 4.57 Å². The molecule has 1 saturated carbocycles. The molecule has 0 N–H and O–H groups in total. The molecule has 1 aromatic carbocycles. The molecule has 1 aliphatic carbocycles. The maximum atomic E-state index is 4.90. The van der Waals surface area contributed by atoms with Crippen LogP contribution < -0.4 is 0 Å². The van der Waals surface area contributed by atoms with E-state index in [1.807, 2.05) is 0 Å². The third kappa shape index (κ3) is 2.52. The largest absolute Gasteiger partial charge is 0.328 e. The fraction of sp³-hybridized carbons (Fsp3) is 0.588. The molecule has 1 fully saturated rings. The second kappa shape index (κ2) is 5.88. The monoisotopic (exact) mass is 334 g/mol. The zero-order chi connectivity index (χ0) is 14.1. The van der Waals surface area contributed by atoms with Crippen LogP contribution in [0.4, 0.5) is 0 Å². The quantitative estimate of drug-likeness (QED) is 0.734. The van der Waals surface area contributed by atoms with Crippen molar-refractivity contribution in [2.75, 3.05) is 0 Å². The summed E-state index contributed by atoms with van der Waals surface area (Å²) in [6, 6.07) is 8.54. The molecule has 108 valence electrons. The van der Waals surface area contributed by atoms with Crippen LogP contribution in [0.25, 0.3) is 11.0 Å². The van der Waals surface area contributed by atoms with Gasteiger partial charge in [-0.05, 0) is 43.2 Å². The normalized spacial score (nSPS) is 26.4. The SMILES string of the molecule is CCCn1c(CC2CCC(Br)C2C)nc2ccccc21. The van der Waals surface area contributed by atoms with Gasteiger partial charge >= 0.3 is 0 Å². The van der Waals surface area contributed by atoms with Crippen molar-refractivity contribution < 1.29 is 0 Å². The molecule has 2 aromatic rings. The molecule has 20 heavy (non-hydrogen) atoms. The van der Waals surface area contributed by atoms with Gasteiger partial charge in [0.2, 0.25) is 0 Å². The molecule has 0 radical (unpaired) electrons. The Morgan fingerprint density at radius 3 is 2.80 bits per heavy atom. The summed E-state index contributed by atoms with van der Waals surface area (Å²) in [6.45, 7) is 5.70. The Morgan fingerprint density at radius 1 is 1.30 bits per heavy atom. The zero-order valence-corrected chi connectivity index (χ0v) is 13.9. The first-order valence-electron chi connectivity index (χ1n) is 7.79. The Labute approximate surface area is 129 Å². The Balaban J connectivity index is 1.92. The average molecular weight is 335 g/mol. The van der Waals surface area contributed by atoms with Crippen LogP contribution in [0.2, 0.25) is 0 Å². The summed E-state index contributed by atoms with van der Waals surface area (Å²) in [5.74, 6) is 2.81. The molecule has 0 aliphatic heterocycles. The number of fused-ring (bicyclic) bond motifs is 1. The van der Waals surface area contributed by atoms with Gasteiger partial charge in [0.1, 0.15) is 5.82 Å². The minimum absolute atomic E-state index is 0.691. The number of hydrogen-bond acceptors (Lipinski definition) is 1. The first kappa shape index (κ1) is 14.1. The van der Waals surface area contributed by atoms with Gasteiger partial charge in [-0.25, -0.2) is 4.98 Å². The summed E-state index contributed by atoms with van der Waals surface area (Å²) in [4.78, 5) is 5.59. The number of hydrogen-bond donors (Lipinski definition) is 0. The highest BCUT2D eigenvalue weighted by Crippen LogP contribution is 2.38. The first-order valence-corrected chi connectivity index (χ1v) is 8.70. The Hall–Kier alpha value is -0.830. The van der Waals surface area contributed by atoms with Gasteiger partial charge in [0.15, 0.2) is 0 Å². The first-order chi connectivity index (χ1) is 9.70. The van der Waals surface area contributed by atoms with Crippen LogP contribution in [0.1, 0.15) is 38.9 Å². The highest BCUT2D eigenvalue weighted by Gasteiger charge is 2.32. The van der Waals surface area contributed by atoms with E-state index in [4.69, 9.17) is 4.98 Å². The van der Waals surface area contributed by atoms with E-state index in [2.05, 4.69) is 58.6 Å². The molecule has 3 heteroatoms. The third-order valence-electron chi connectivity index (χ3n) is 4.75. The van der Waals surface area contributed by atoms with Crippen molar-refractivity contribution in [2.24, 2.45) is 11.8 Å². The summed E-state index contributed by atoms with van der Waals surface area (Å²) in [6.07, 6.45) is 4.92. The molecule has 0 saturated heterocycles. The molecule has 0 amide bonds. The van der Waals surface area contributed by atoms with Gasteiger partial charge in [0.25, 0.3) is 0 Å². The molecular formula is C17H23BrN2. The maximum Gasteiger partial charge on any atom is 0.110 e. The van der Waals surface area contributed by atoms with E-state index in [1.54, 1.807) is 0 Å². The lowest BCUT2D eigenvalue weighted by Crippen LogP contribution is -2.16. The zero-order valence-electron chi connectivity index (χ0n) is 12.3. The summed E-state index contributed by atoms with van der Waals surface area (Å²) in [5, 5.41) is 0. The van der Waals surface area contributed by atoms with Gasteiger partial charge in [-0.2, -0.15) is 0 Å². The second-order valence-electron chi connectivity index (χ2n) is 6.09. The predicted molar refractivity (Wildman–Crippen MR) is 88.3 cm³/mol. The van der Waals surface area contributed by atoms with Gasteiger partial charge in [0, 0.05) is 17.8 Å². The van der Waals surface area contributed by atoms with Crippen LogP contribution in [0, 0.1) is 11.8 Å². The summed E-state index contributed by atoms with van der Waals surface area (Å²) in [5.41, 5.74) is 2.45. The van der Waals surface area contributed by atoms with Crippen molar-refractivity contribution >= 4 is 27.0 Å². The van der Waals surface area contributed by atoms with Crippen LogP contribution in [-0.4, -0.2) is 14.4 Å². The number of imidazole rings is 1. The molecule has 1 aliphatic rings. The molecule has 0 spiro atoms.